The van der Waals surface area contributed by atoms with Crippen molar-refractivity contribution < 1.29 is 19.4 Å². The van der Waals surface area contributed by atoms with E-state index < -0.39 is 17.9 Å². The van der Waals surface area contributed by atoms with E-state index in [9.17, 15) is 14.7 Å². The van der Waals surface area contributed by atoms with Gasteiger partial charge in [-0.15, -0.1) is 5.10 Å². The molecular formula is C23H23Cl2N5O4. The zero-order valence-corrected chi connectivity index (χ0v) is 20.2. The number of hydrogen-bond acceptors (Lipinski definition) is 6. The van der Waals surface area contributed by atoms with Crippen LogP contribution in [-0.2, 0) is 6.42 Å². The molecule has 2 aromatic heterocycles. The van der Waals surface area contributed by atoms with Crippen molar-refractivity contribution in [3.63, 3.8) is 0 Å². The molecule has 0 fully saturated rings. The lowest BCUT2D eigenvalue weighted by Gasteiger charge is -2.20. The van der Waals surface area contributed by atoms with Crippen molar-refractivity contribution in [2.24, 2.45) is 0 Å². The highest BCUT2D eigenvalue weighted by Gasteiger charge is 2.32. The molecule has 3 N–H and O–H groups in total. The average Bonchev–Trinajstić information content (AvgIpc) is 3.38. The Balaban J connectivity index is 1.81. The van der Waals surface area contributed by atoms with Gasteiger partial charge in [-0.1, -0.05) is 23.2 Å². The molecule has 0 saturated carbocycles. The van der Waals surface area contributed by atoms with Crippen LogP contribution in [-0.4, -0.2) is 44.8 Å². The van der Waals surface area contributed by atoms with Gasteiger partial charge in [0.15, 0.2) is 5.82 Å². The lowest BCUT2D eigenvalue weighted by molar-refractivity contribution is 0.0937. The monoisotopic (exact) mass is 503 g/mol. The summed E-state index contributed by atoms with van der Waals surface area (Å²) in [6.07, 6.45) is 1.72. The molecule has 4 rings (SSSR count). The number of ether oxygens (including phenoxy) is 1. The highest BCUT2D eigenvalue weighted by Crippen LogP contribution is 2.41. The molecule has 1 aliphatic rings. The van der Waals surface area contributed by atoms with Gasteiger partial charge in [0.1, 0.15) is 5.69 Å². The lowest BCUT2D eigenvalue weighted by atomic mass is 9.98. The Morgan fingerprint density at radius 1 is 1.24 bits per heavy atom. The molecule has 2 heterocycles. The molecule has 1 atom stereocenters. The van der Waals surface area contributed by atoms with E-state index in [4.69, 9.17) is 27.9 Å². The number of benzene rings is 1. The first kappa shape index (κ1) is 24.0. The Morgan fingerprint density at radius 3 is 2.68 bits per heavy atom. The van der Waals surface area contributed by atoms with Crippen molar-refractivity contribution in [2.75, 3.05) is 12.4 Å². The number of amides is 2. The van der Waals surface area contributed by atoms with Crippen molar-refractivity contribution in [1.29, 1.82) is 0 Å². The molecule has 11 heteroatoms. The minimum atomic E-state index is -0.839. The summed E-state index contributed by atoms with van der Waals surface area (Å²) in [5.74, 6) is -0.666. The molecule has 34 heavy (non-hydrogen) atoms. The van der Waals surface area contributed by atoms with Gasteiger partial charge in [-0.3, -0.25) is 9.59 Å². The predicted octanol–water partition coefficient (Wildman–Crippen LogP) is 3.95. The van der Waals surface area contributed by atoms with E-state index in [1.54, 1.807) is 18.2 Å². The Morgan fingerprint density at radius 2 is 2.00 bits per heavy atom. The molecule has 9 nitrogen and oxygen atoms in total. The molecular weight excluding hydrogens is 481 g/mol. The third-order valence-electron chi connectivity index (χ3n) is 5.38. The number of rotatable bonds is 6. The first-order chi connectivity index (χ1) is 16.2. The largest absolute Gasteiger partial charge is 0.480 e. The van der Waals surface area contributed by atoms with Gasteiger partial charge >= 0.3 is 0 Å². The molecule has 0 aliphatic heterocycles. The first-order valence-corrected chi connectivity index (χ1v) is 11.4. The van der Waals surface area contributed by atoms with Crippen LogP contribution in [0.1, 0.15) is 58.3 Å². The number of fused-ring (bicyclic) bond motifs is 1. The zero-order valence-electron chi connectivity index (χ0n) is 18.7. The molecule has 0 saturated heterocycles. The summed E-state index contributed by atoms with van der Waals surface area (Å²) in [6, 6.07) is 6.20. The minimum absolute atomic E-state index is 0.0600. The summed E-state index contributed by atoms with van der Waals surface area (Å²) in [7, 11) is 1.42. The molecule has 1 aromatic carbocycles. The molecule has 1 aliphatic carbocycles. The maximum absolute atomic E-state index is 13.4. The maximum Gasteiger partial charge on any atom is 0.274 e. The number of aromatic nitrogens is 3. The number of anilines is 1. The Bertz CT molecular complexity index is 1270. The number of aliphatic hydroxyl groups is 1. The van der Waals surface area contributed by atoms with Crippen molar-refractivity contribution in [3.8, 4) is 11.7 Å². The fourth-order valence-corrected chi connectivity index (χ4v) is 4.40. The lowest BCUT2D eigenvalue weighted by Crippen LogP contribution is -2.32. The topological polar surface area (TPSA) is 118 Å². The summed E-state index contributed by atoms with van der Waals surface area (Å²) in [4.78, 5) is 30.8. The second-order valence-corrected chi connectivity index (χ2v) is 8.92. The predicted molar refractivity (Wildman–Crippen MR) is 128 cm³/mol. The SMILES string of the molecule is COc1cc(C(=O)Nc2c(Cl)cc3c(c2C(=O)NC(C)C)C(O)CC3)n(-c2ncccc2Cl)n1. The number of carbonyl (C=O) groups is 2. The van der Waals surface area contributed by atoms with Crippen molar-refractivity contribution >= 4 is 40.7 Å². The molecule has 178 valence electrons. The fraction of sp³-hybridized carbons (Fsp3) is 0.304. The number of methoxy groups -OCH3 is 1. The molecule has 0 radical (unpaired) electrons. The minimum Gasteiger partial charge on any atom is -0.480 e. The van der Waals surface area contributed by atoms with Gasteiger partial charge in [-0.2, -0.15) is 0 Å². The van der Waals surface area contributed by atoms with Gasteiger partial charge in [0.2, 0.25) is 5.88 Å². The molecule has 0 spiro atoms. The maximum atomic E-state index is 13.4. The summed E-state index contributed by atoms with van der Waals surface area (Å²) >= 11 is 12.8. The Kier molecular flexibility index (Phi) is 6.79. The number of carbonyl (C=O) groups excluding carboxylic acids is 2. The van der Waals surface area contributed by atoms with Crippen molar-refractivity contribution in [1.82, 2.24) is 20.1 Å². The van der Waals surface area contributed by atoms with Gasteiger partial charge in [0.05, 0.1) is 34.5 Å². The third-order valence-corrected chi connectivity index (χ3v) is 5.97. The van der Waals surface area contributed by atoms with E-state index in [1.807, 2.05) is 13.8 Å². The average molecular weight is 504 g/mol. The summed E-state index contributed by atoms with van der Waals surface area (Å²) in [6.45, 7) is 3.64. The molecule has 0 bridgehead atoms. The van der Waals surface area contributed by atoms with E-state index >= 15 is 0 Å². The normalized spacial score (nSPS) is 14.7. The fourth-order valence-electron chi connectivity index (χ4n) is 3.93. The van der Waals surface area contributed by atoms with Crippen LogP contribution < -0.4 is 15.4 Å². The summed E-state index contributed by atoms with van der Waals surface area (Å²) in [5.41, 5.74) is 1.55. The highest BCUT2D eigenvalue weighted by molar-refractivity contribution is 6.35. The van der Waals surface area contributed by atoms with E-state index in [-0.39, 0.29) is 44.7 Å². The number of pyridine rings is 1. The molecule has 3 aromatic rings. The number of nitrogens with zero attached hydrogens (tertiary/aromatic N) is 3. The summed E-state index contributed by atoms with van der Waals surface area (Å²) < 4.78 is 6.45. The zero-order chi connectivity index (χ0) is 24.6. The van der Waals surface area contributed by atoms with E-state index in [1.165, 1.54) is 24.1 Å². The van der Waals surface area contributed by atoms with Gasteiger partial charge in [0.25, 0.3) is 11.8 Å². The van der Waals surface area contributed by atoms with E-state index in [0.29, 0.717) is 18.4 Å². The molecule has 2 amide bonds. The van der Waals surface area contributed by atoms with Crippen LogP contribution in [0.2, 0.25) is 10.0 Å². The van der Waals surface area contributed by atoms with Crippen LogP contribution in [0.5, 0.6) is 5.88 Å². The Labute approximate surface area is 206 Å². The number of nitrogens with one attached hydrogen (secondary N) is 2. The second-order valence-electron chi connectivity index (χ2n) is 8.11. The van der Waals surface area contributed by atoms with Gasteiger partial charge in [-0.05, 0) is 56.0 Å². The van der Waals surface area contributed by atoms with Crippen LogP contribution in [0.15, 0.2) is 30.5 Å². The number of aryl methyl sites for hydroxylation is 1. The van der Waals surface area contributed by atoms with Gasteiger partial charge in [0, 0.05) is 18.3 Å². The second kappa shape index (κ2) is 9.61. The number of hydrogen-bond donors (Lipinski definition) is 3. The Hall–Kier alpha value is -3.14. The smallest absolute Gasteiger partial charge is 0.274 e. The third kappa shape index (κ3) is 4.46. The first-order valence-electron chi connectivity index (χ1n) is 10.6. The van der Waals surface area contributed by atoms with E-state index in [0.717, 1.165) is 5.56 Å². The van der Waals surface area contributed by atoms with Crippen molar-refractivity contribution in [2.45, 2.75) is 38.8 Å². The van der Waals surface area contributed by atoms with Crippen LogP contribution in [0.25, 0.3) is 5.82 Å². The standard InChI is InChI=1S/C23H23Cl2N5O4/c1-11(2)27-23(33)19-18-12(6-7-16(18)31)9-14(25)20(19)28-22(32)15-10-17(34-3)29-30(15)21-13(24)5-4-8-26-21/h4-5,8-11,16,31H,6-7H2,1-3H3,(H,27,33)(H,28,32). The number of halogens is 2. The van der Waals surface area contributed by atoms with Crippen LogP contribution in [0.3, 0.4) is 0 Å². The van der Waals surface area contributed by atoms with Crippen LogP contribution in [0, 0.1) is 0 Å². The van der Waals surface area contributed by atoms with Crippen molar-refractivity contribution in [3.05, 3.63) is 62.9 Å². The summed E-state index contributed by atoms with van der Waals surface area (Å²) in [5, 5.41) is 20.8. The van der Waals surface area contributed by atoms with E-state index in [2.05, 4.69) is 20.7 Å². The van der Waals surface area contributed by atoms with Crippen LogP contribution >= 0.6 is 23.2 Å². The molecule has 1 unspecified atom stereocenters. The van der Waals surface area contributed by atoms with Crippen LogP contribution in [0.4, 0.5) is 5.69 Å². The number of aliphatic hydroxyl groups excluding tert-OH is 1. The quantitative estimate of drug-likeness (QED) is 0.468. The highest BCUT2D eigenvalue weighted by atomic mass is 35.5. The van der Waals surface area contributed by atoms with Gasteiger partial charge in [-0.25, -0.2) is 9.67 Å². The van der Waals surface area contributed by atoms with Gasteiger partial charge < -0.3 is 20.5 Å².